The third kappa shape index (κ3) is 3.89. The first-order valence-corrected chi connectivity index (χ1v) is 10.4. The third-order valence-corrected chi connectivity index (χ3v) is 6.00. The third-order valence-electron chi connectivity index (χ3n) is 4.99. The first kappa shape index (κ1) is 20.0. The Kier molecular flexibility index (Phi) is 5.72. The van der Waals surface area contributed by atoms with E-state index in [2.05, 4.69) is 16.7 Å². The van der Waals surface area contributed by atoms with Crippen LogP contribution in [-0.2, 0) is 9.59 Å². The van der Waals surface area contributed by atoms with Crippen molar-refractivity contribution in [3.05, 3.63) is 76.1 Å². The Balaban J connectivity index is 1.58. The summed E-state index contributed by atoms with van der Waals surface area (Å²) in [5.74, 6) is -1.01. The summed E-state index contributed by atoms with van der Waals surface area (Å²) < 4.78 is 19.3. The highest BCUT2D eigenvalue weighted by Crippen LogP contribution is 2.44. The van der Waals surface area contributed by atoms with E-state index in [0.29, 0.717) is 34.8 Å². The molecule has 4 rings (SSSR count). The van der Waals surface area contributed by atoms with Gasteiger partial charge in [0.25, 0.3) is 0 Å². The SMILES string of the molecule is N#CC1=C(SCC(=O)Nc2ccccc2F)NC2=C(C(=O)CCC2)[C@@H]1c1ccco1. The number of dihydropyridines is 1. The number of furan rings is 1. The fourth-order valence-electron chi connectivity index (χ4n) is 3.66. The number of amides is 1. The van der Waals surface area contributed by atoms with Crippen LogP contribution >= 0.6 is 11.8 Å². The van der Waals surface area contributed by atoms with E-state index in [9.17, 15) is 19.2 Å². The van der Waals surface area contributed by atoms with Crippen molar-refractivity contribution in [1.29, 1.82) is 5.26 Å². The second-order valence-corrected chi connectivity index (χ2v) is 7.90. The van der Waals surface area contributed by atoms with E-state index in [1.54, 1.807) is 24.3 Å². The lowest BCUT2D eigenvalue weighted by Gasteiger charge is -2.32. The van der Waals surface area contributed by atoms with Crippen molar-refractivity contribution in [3.8, 4) is 6.07 Å². The number of halogens is 1. The molecule has 2 N–H and O–H groups in total. The van der Waals surface area contributed by atoms with Crippen LogP contribution < -0.4 is 10.6 Å². The van der Waals surface area contributed by atoms with Gasteiger partial charge in [-0.3, -0.25) is 9.59 Å². The number of hydrogen-bond acceptors (Lipinski definition) is 6. The molecule has 30 heavy (non-hydrogen) atoms. The summed E-state index contributed by atoms with van der Waals surface area (Å²) in [5, 5.41) is 16.1. The summed E-state index contributed by atoms with van der Waals surface area (Å²) in [4.78, 5) is 25.0. The quantitative estimate of drug-likeness (QED) is 0.748. The summed E-state index contributed by atoms with van der Waals surface area (Å²) >= 11 is 1.15. The predicted molar refractivity (Wildman–Crippen MR) is 111 cm³/mol. The second-order valence-electron chi connectivity index (χ2n) is 6.91. The van der Waals surface area contributed by atoms with Crippen molar-refractivity contribution in [2.45, 2.75) is 25.2 Å². The molecule has 0 spiro atoms. The van der Waals surface area contributed by atoms with Crippen molar-refractivity contribution < 1.29 is 18.4 Å². The van der Waals surface area contributed by atoms with Crippen molar-refractivity contribution in [2.75, 3.05) is 11.1 Å². The molecular formula is C22H18FN3O3S. The van der Waals surface area contributed by atoms with Crippen LogP contribution in [0.2, 0.25) is 0 Å². The minimum atomic E-state index is -0.592. The molecule has 1 aliphatic carbocycles. The van der Waals surface area contributed by atoms with Crippen LogP contribution in [0.25, 0.3) is 0 Å². The molecule has 6 nitrogen and oxygen atoms in total. The van der Waals surface area contributed by atoms with Crippen LogP contribution in [0, 0.1) is 17.1 Å². The Morgan fingerprint density at radius 2 is 2.13 bits per heavy atom. The summed E-state index contributed by atoms with van der Waals surface area (Å²) in [6.45, 7) is 0. The lowest BCUT2D eigenvalue weighted by molar-refractivity contribution is -0.116. The van der Waals surface area contributed by atoms with E-state index in [0.717, 1.165) is 23.9 Å². The van der Waals surface area contributed by atoms with E-state index in [4.69, 9.17) is 4.42 Å². The monoisotopic (exact) mass is 423 g/mol. The molecule has 0 saturated heterocycles. The first-order chi connectivity index (χ1) is 14.6. The van der Waals surface area contributed by atoms with E-state index >= 15 is 0 Å². The molecule has 0 bridgehead atoms. The maximum absolute atomic E-state index is 13.8. The van der Waals surface area contributed by atoms with Gasteiger partial charge in [-0.2, -0.15) is 5.26 Å². The summed E-state index contributed by atoms with van der Waals surface area (Å²) in [6, 6.07) is 11.6. The molecule has 1 aromatic heterocycles. The lowest BCUT2D eigenvalue weighted by atomic mass is 9.79. The largest absolute Gasteiger partial charge is 0.468 e. The Hall–Kier alpha value is -3.31. The molecule has 0 unspecified atom stereocenters. The summed E-state index contributed by atoms with van der Waals surface area (Å²) in [7, 11) is 0. The Labute approximate surface area is 176 Å². The van der Waals surface area contributed by atoms with Gasteiger partial charge < -0.3 is 15.1 Å². The van der Waals surface area contributed by atoms with Gasteiger partial charge in [-0.1, -0.05) is 23.9 Å². The number of nitrogens with one attached hydrogen (secondary N) is 2. The molecule has 152 valence electrons. The number of thioether (sulfide) groups is 1. The molecule has 8 heteroatoms. The maximum Gasteiger partial charge on any atom is 0.234 e. The van der Waals surface area contributed by atoms with Crippen LogP contribution in [0.5, 0.6) is 0 Å². The zero-order chi connectivity index (χ0) is 21.1. The van der Waals surface area contributed by atoms with Gasteiger partial charge in [0.15, 0.2) is 5.78 Å². The number of rotatable bonds is 5. The smallest absolute Gasteiger partial charge is 0.234 e. The minimum Gasteiger partial charge on any atom is -0.468 e. The Morgan fingerprint density at radius 3 is 2.87 bits per heavy atom. The zero-order valence-corrected chi connectivity index (χ0v) is 16.7. The van der Waals surface area contributed by atoms with Gasteiger partial charge in [-0.05, 0) is 37.1 Å². The molecule has 1 aromatic carbocycles. The standard InChI is InChI=1S/C22H18FN3O3S/c23-14-5-1-2-6-15(14)25-19(28)12-30-22-13(11-24)20(18-9-4-10-29-18)21-16(26-22)7-3-8-17(21)27/h1-2,4-6,9-10,20,26H,3,7-8,12H2,(H,25,28)/t20-/m0/s1. The first-order valence-electron chi connectivity index (χ1n) is 9.46. The van der Waals surface area contributed by atoms with E-state index in [1.807, 2.05) is 0 Å². The lowest BCUT2D eigenvalue weighted by Crippen LogP contribution is -2.31. The van der Waals surface area contributed by atoms with Crippen molar-refractivity contribution in [2.24, 2.45) is 0 Å². The molecule has 1 atom stereocenters. The number of nitriles is 1. The van der Waals surface area contributed by atoms with E-state index in [1.165, 1.54) is 18.4 Å². The fourth-order valence-corrected chi connectivity index (χ4v) is 4.53. The molecule has 1 amide bonds. The summed E-state index contributed by atoms with van der Waals surface area (Å²) in [6.07, 6.45) is 3.35. The number of benzene rings is 1. The molecule has 2 aromatic rings. The molecule has 2 heterocycles. The van der Waals surface area contributed by atoms with Crippen LogP contribution in [0.15, 0.2) is 69.0 Å². The highest BCUT2D eigenvalue weighted by atomic mass is 32.2. The molecule has 0 fully saturated rings. The number of nitrogens with zero attached hydrogens (tertiary/aromatic N) is 1. The normalized spacial score (nSPS) is 18.5. The second kappa shape index (κ2) is 8.59. The van der Waals surface area contributed by atoms with Crippen LogP contribution in [0.1, 0.15) is 30.9 Å². The Morgan fingerprint density at radius 1 is 1.30 bits per heavy atom. The van der Waals surface area contributed by atoms with Gasteiger partial charge >= 0.3 is 0 Å². The van der Waals surface area contributed by atoms with Gasteiger partial charge in [-0.15, -0.1) is 0 Å². The van der Waals surface area contributed by atoms with Crippen molar-refractivity contribution >= 4 is 29.1 Å². The predicted octanol–water partition coefficient (Wildman–Crippen LogP) is 4.22. The van der Waals surface area contributed by atoms with Gasteiger partial charge in [0.05, 0.1) is 40.3 Å². The number of para-hydroxylation sites is 1. The van der Waals surface area contributed by atoms with Gasteiger partial charge in [0, 0.05) is 17.7 Å². The number of hydrogen-bond donors (Lipinski definition) is 2. The van der Waals surface area contributed by atoms with Gasteiger partial charge in [0.2, 0.25) is 5.91 Å². The number of allylic oxidation sites excluding steroid dienone is 3. The molecule has 1 aliphatic heterocycles. The fraction of sp³-hybridized carbons (Fsp3) is 0.227. The minimum absolute atomic E-state index is 0.000698. The van der Waals surface area contributed by atoms with Crippen molar-refractivity contribution in [1.82, 2.24) is 5.32 Å². The van der Waals surface area contributed by atoms with Crippen LogP contribution in [0.4, 0.5) is 10.1 Å². The number of carbonyl (C=O) groups excluding carboxylic acids is 2. The van der Waals surface area contributed by atoms with Crippen LogP contribution in [0.3, 0.4) is 0 Å². The highest BCUT2D eigenvalue weighted by Gasteiger charge is 2.38. The Bertz CT molecular complexity index is 1100. The number of carbonyl (C=O) groups is 2. The average Bonchev–Trinajstić information content (AvgIpc) is 3.27. The van der Waals surface area contributed by atoms with Crippen molar-refractivity contribution in [3.63, 3.8) is 0 Å². The summed E-state index contributed by atoms with van der Waals surface area (Å²) in [5.41, 5.74) is 1.77. The number of anilines is 1. The van der Waals surface area contributed by atoms with E-state index in [-0.39, 0.29) is 17.2 Å². The molecule has 2 aliphatic rings. The molecular weight excluding hydrogens is 405 g/mol. The highest BCUT2D eigenvalue weighted by molar-refractivity contribution is 8.03. The van der Waals surface area contributed by atoms with Crippen LogP contribution in [-0.4, -0.2) is 17.4 Å². The zero-order valence-electron chi connectivity index (χ0n) is 15.9. The van der Waals surface area contributed by atoms with Gasteiger partial charge in [-0.25, -0.2) is 4.39 Å². The molecule has 0 radical (unpaired) electrons. The molecule has 0 saturated carbocycles. The maximum atomic E-state index is 13.8. The van der Waals surface area contributed by atoms with E-state index < -0.39 is 17.6 Å². The average molecular weight is 423 g/mol. The number of Topliss-reactive ketones (excluding diaryl/α,β-unsaturated/α-hetero) is 1. The van der Waals surface area contributed by atoms with Gasteiger partial charge in [0.1, 0.15) is 11.6 Å². The number of ketones is 1. The topological polar surface area (TPSA) is 95.1 Å².